The summed E-state index contributed by atoms with van der Waals surface area (Å²) in [6.07, 6.45) is 0.417. The molecule has 90 valence electrons. The lowest BCUT2D eigenvalue weighted by Gasteiger charge is -2.15. The lowest BCUT2D eigenvalue weighted by Crippen LogP contribution is -2.14. The molecule has 0 amide bonds. The molecule has 0 heterocycles. The lowest BCUT2D eigenvalue weighted by atomic mass is 9.94. The minimum Gasteiger partial charge on any atom is -0.481 e. The molecule has 1 atom stereocenters. The first-order valence-corrected chi connectivity index (χ1v) is 5.44. The minimum absolute atomic E-state index is 0.0381. The molecule has 0 aliphatic carbocycles. The summed E-state index contributed by atoms with van der Waals surface area (Å²) >= 11 is 0. The smallest absolute Gasteiger partial charge is 0.303 e. The van der Waals surface area contributed by atoms with Gasteiger partial charge in [-0.15, -0.1) is 0 Å². The van der Waals surface area contributed by atoms with Gasteiger partial charge in [-0.3, -0.25) is 4.79 Å². The number of hydrogen-bond acceptors (Lipinski definition) is 3. The fourth-order valence-electron chi connectivity index (χ4n) is 1.82. The van der Waals surface area contributed by atoms with Crippen molar-refractivity contribution in [1.29, 1.82) is 5.26 Å². The van der Waals surface area contributed by atoms with Crippen molar-refractivity contribution in [2.75, 3.05) is 0 Å². The summed E-state index contributed by atoms with van der Waals surface area (Å²) in [6, 6.07) is 5.45. The van der Waals surface area contributed by atoms with Gasteiger partial charge in [0.1, 0.15) is 0 Å². The van der Waals surface area contributed by atoms with Crippen molar-refractivity contribution in [3.05, 3.63) is 34.4 Å². The highest BCUT2D eigenvalue weighted by molar-refractivity contribution is 5.66. The van der Waals surface area contributed by atoms with E-state index in [2.05, 4.69) is 6.07 Å². The van der Waals surface area contributed by atoms with Crippen LogP contribution in [0.25, 0.3) is 0 Å². The van der Waals surface area contributed by atoms with Gasteiger partial charge < -0.3 is 10.8 Å². The van der Waals surface area contributed by atoms with Crippen LogP contribution in [0, 0.1) is 25.2 Å². The molecule has 1 aromatic rings. The molecule has 1 aromatic carbocycles. The van der Waals surface area contributed by atoms with Crippen molar-refractivity contribution in [2.24, 2.45) is 5.73 Å². The van der Waals surface area contributed by atoms with Crippen LogP contribution in [0.1, 0.15) is 41.1 Å². The number of carbonyl (C=O) groups is 1. The molecule has 4 nitrogen and oxygen atoms in total. The zero-order valence-electron chi connectivity index (χ0n) is 10.0. The quantitative estimate of drug-likeness (QED) is 0.831. The first-order chi connectivity index (χ1) is 7.95. The summed E-state index contributed by atoms with van der Waals surface area (Å²) < 4.78 is 0. The van der Waals surface area contributed by atoms with Crippen molar-refractivity contribution >= 4 is 5.97 Å². The average molecular weight is 232 g/mol. The number of nitriles is 1. The number of nitrogens with zero attached hydrogens (tertiary/aromatic N) is 1. The molecule has 4 heteroatoms. The molecule has 0 saturated heterocycles. The Hall–Kier alpha value is -1.86. The van der Waals surface area contributed by atoms with Crippen LogP contribution in [0.2, 0.25) is 0 Å². The van der Waals surface area contributed by atoms with Gasteiger partial charge >= 0.3 is 5.97 Å². The molecule has 17 heavy (non-hydrogen) atoms. The number of carboxylic acids is 1. The SMILES string of the molecule is Cc1cc(C)c(C(N)CCC(=O)O)cc1C#N. The number of hydrogen-bond donors (Lipinski definition) is 2. The van der Waals surface area contributed by atoms with Gasteiger partial charge in [0.05, 0.1) is 11.6 Å². The Kier molecular flexibility index (Phi) is 4.24. The fourth-order valence-corrected chi connectivity index (χ4v) is 1.82. The normalized spacial score (nSPS) is 11.9. The number of rotatable bonds is 4. The van der Waals surface area contributed by atoms with Crippen molar-refractivity contribution < 1.29 is 9.90 Å². The first kappa shape index (κ1) is 13.2. The van der Waals surface area contributed by atoms with Crippen LogP contribution in [0.3, 0.4) is 0 Å². The van der Waals surface area contributed by atoms with Crippen LogP contribution in [0.4, 0.5) is 0 Å². The Morgan fingerprint density at radius 3 is 2.65 bits per heavy atom. The zero-order chi connectivity index (χ0) is 13.0. The van der Waals surface area contributed by atoms with E-state index in [-0.39, 0.29) is 12.5 Å². The molecule has 0 aliphatic heterocycles. The summed E-state index contributed by atoms with van der Waals surface area (Å²) in [7, 11) is 0. The summed E-state index contributed by atoms with van der Waals surface area (Å²) in [5.41, 5.74) is 9.31. The fraction of sp³-hybridized carbons (Fsp3) is 0.385. The summed E-state index contributed by atoms with van der Waals surface area (Å²) in [6.45, 7) is 3.79. The number of nitrogens with two attached hydrogens (primary N) is 1. The molecule has 1 unspecified atom stereocenters. The molecule has 1 rings (SSSR count). The third-order valence-corrected chi connectivity index (χ3v) is 2.80. The third-order valence-electron chi connectivity index (χ3n) is 2.80. The van der Waals surface area contributed by atoms with Crippen molar-refractivity contribution in [1.82, 2.24) is 0 Å². The van der Waals surface area contributed by atoms with Gasteiger partial charge in [-0.25, -0.2) is 0 Å². The first-order valence-electron chi connectivity index (χ1n) is 5.44. The molecule has 3 N–H and O–H groups in total. The maximum atomic E-state index is 10.5. The van der Waals surface area contributed by atoms with Gasteiger partial charge in [0.15, 0.2) is 0 Å². The second-order valence-electron chi connectivity index (χ2n) is 4.17. The summed E-state index contributed by atoms with van der Waals surface area (Å²) in [5, 5.41) is 17.6. The monoisotopic (exact) mass is 232 g/mol. The maximum absolute atomic E-state index is 10.5. The van der Waals surface area contributed by atoms with E-state index in [1.165, 1.54) is 0 Å². The average Bonchev–Trinajstić information content (AvgIpc) is 2.26. The van der Waals surface area contributed by atoms with E-state index in [1.54, 1.807) is 6.07 Å². The molecule has 0 radical (unpaired) electrons. The Bertz CT molecular complexity index is 475. The van der Waals surface area contributed by atoms with Crippen LogP contribution in [0.5, 0.6) is 0 Å². The predicted molar refractivity (Wildman–Crippen MR) is 64.4 cm³/mol. The number of aryl methyl sites for hydroxylation is 2. The highest BCUT2D eigenvalue weighted by Crippen LogP contribution is 2.23. The van der Waals surface area contributed by atoms with Gasteiger partial charge in [0.25, 0.3) is 0 Å². The zero-order valence-corrected chi connectivity index (χ0v) is 10.0. The predicted octanol–water partition coefficient (Wildman–Crippen LogP) is 2.04. The molecule has 0 bridgehead atoms. The van der Waals surface area contributed by atoms with E-state index in [0.29, 0.717) is 12.0 Å². The third kappa shape index (κ3) is 3.30. The van der Waals surface area contributed by atoms with Gasteiger partial charge in [0.2, 0.25) is 0 Å². The summed E-state index contributed by atoms with van der Waals surface area (Å²) in [4.78, 5) is 10.5. The Labute approximate surface area is 101 Å². The van der Waals surface area contributed by atoms with Crippen LogP contribution >= 0.6 is 0 Å². The molecule has 0 aliphatic rings. The minimum atomic E-state index is -0.856. The van der Waals surface area contributed by atoms with E-state index in [4.69, 9.17) is 16.1 Å². The molecular weight excluding hydrogens is 216 g/mol. The van der Waals surface area contributed by atoms with Crippen molar-refractivity contribution in [3.63, 3.8) is 0 Å². The number of carboxylic acid groups (broad SMARTS) is 1. The van der Waals surface area contributed by atoms with E-state index in [9.17, 15) is 4.79 Å². The Morgan fingerprint density at radius 2 is 2.12 bits per heavy atom. The van der Waals surface area contributed by atoms with Gasteiger partial charge in [-0.2, -0.15) is 5.26 Å². The molecule has 0 spiro atoms. The number of benzene rings is 1. The highest BCUT2D eigenvalue weighted by Gasteiger charge is 2.13. The second kappa shape index (κ2) is 5.46. The van der Waals surface area contributed by atoms with E-state index in [1.807, 2.05) is 19.9 Å². The van der Waals surface area contributed by atoms with Crippen molar-refractivity contribution in [3.8, 4) is 6.07 Å². The highest BCUT2D eigenvalue weighted by atomic mass is 16.4. The van der Waals surface area contributed by atoms with Crippen molar-refractivity contribution in [2.45, 2.75) is 32.7 Å². The molecule has 0 saturated carbocycles. The standard InChI is InChI=1S/C13H16N2O2/c1-8-5-9(2)11(6-10(8)7-14)12(15)3-4-13(16)17/h5-6,12H,3-4,15H2,1-2H3,(H,16,17). The molecule has 0 fully saturated rings. The molecule has 0 aromatic heterocycles. The van der Waals surface area contributed by atoms with Gasteiger partial charge in [-0.05, 0) is 43.0 Å². The summed E-state index contributed by atoms with van der Waals surface area (Å²) in [5.74, 6) is -0.856. The number of aliphatic carboxylic acids is 1. The van der Waals surface area contributed by atoms with Crippen LogP contribution in [-0.2, 0) is 4.79 Å². The van der Waals surface area contributed by atoms with E-state index < -0.39 is 5.97 Å². The topological polar surface area (TPSA) is 87.1 Å². The molecular formula is C13H16N2O2. The Balaban J connectivity index is 2.97. The second-order valence-corrected chi connectivity index (χ2v) is 4.17. The van der Waals surface area contributed by atoms with Gasteiger partial charge in [-0.1, -0.05) is 6.07 Å². The van der Waals surface area contributed by atoms with E-state index >= 15 is 0 Å². The Morgan fingerprint density at radius 1 is 1.47 bits per heavy atom. The van der Waals surface area contributed by atoms with Crippen LogP contribution in [0.15, 0.2) is 12.1 Å². The van der Waals surface area contributed by atoms with Gasteiger partial charge in [0, 0.05) is 12.5 Å². The lowest BCUT2D eigenvalue weighted by molar-refractivity contribution is -0.137. The maximum Gasteiger partial charge on any atom is 0.303 e. The largest absolute Gasteiger partial charge is 0.481 e. The van der Waals surface area contributed by atoms with E-state index in [0.717, 1.165) is 16.7 Å². The van der Waals surface area contributed by atoms with Crippen LogP contribution in [-0.4, -0.2) is 11.1 Å². The van der Waals surface area contributed by atoms with Crippen LogP contribution < -0.4 is 5.73 Å².